The third-order valence-corrected chi connectivity index (χ3v) is 7.52. The van der Waals surface area contributed by atoms with Gasteiger partial charge in [-0.15, -0.1) is 11.3 Å². The lowest BCUT2D eigenvalue weighted by atomic mass is 9.95. The molecule has 0 saturated carbocycles. The van der Waals surface area contributed by atoms with Crippen LogP contribution in [0.5, 0.6) is 0 Å². The standard InChI is InChI=1S/C27H33F2NO4S/c1-19(8-6-11-20-9-4-3-5-10-20)23(31)15-13-21-18-27(28,29)26(33)30(21)17-7-12-22-14-16-24(35-22)25(32)34-2/h3-5,9-10,13-16,19,21,23,31H,6-8,11-12,17-18H2,1-2H3/b15-13+/t19?,21-,23?/m0/s1. The molecular weight excluding hydrogens is 472 g/mol. The van der Waals surface area contributed by atoms with Gasteiger partial charge < -0.3 is 14.7 Å². The van der Waals surface area contributed by atoms with E-state index in [1.54, 1.807) is 18.2 Å². The fourth-order valence-electron chi connectivity index (χ4n) is 4.28. The number of likely N-dealkylation sites (tertiary alicyclic amines) is 1. The maximum Gasteiger partial charge on any atom is 0.348 e. The minimum absolute atomic E-state index is 0.0242. The predicted molar refractivity (Wildman–Crippen MR) is 133 cm³/mol. The zero-order valence-corrected chi connectivity index (χ0v) is 21.0. The summed E-state index contributed by atoms with van der Waals surface area (Å²) < 4.78 is 33.1. The van der Waals surface area contributed by atoms with Gasteiger partial charge in [-0.25, -0.2) is 4.79 Å². The van der Waals surface area contributed by atoms with Crippen LogP contribution in [0, 0.1) is 5.92 Å². The van der Waals surface area contributed by atoms with Gasteiger partial charge in [-0.05, 0) is 55.7 Å². The molecule has 1 fully saturated rings. The largest absolute Gasteiger partial charge is 0.465 e. The van der Waals surface area contributed by atoms with Crippen LogP contribution < -0.4 is 0 Å². The number of aliphatic hydroxyl groups excluding tert-OH is 1. The fourth-order valence-corrected chi connectivity index (χ4v) is 5.25. The summed E-state index contributed by atoms with van der Waals surface area (Å²) in [5.74, 6) is -5.00. The van der Waals surface area contributed by atoms with Crippen LogP contribution in [0.4, 0.5) is 8.78 Å². The van der Waals surface area contributed by atoms with Crippen LogP contribution in [0.1, 0.15) is 52.7 Å². The van der Waals surface area contributed by atoms with Crippen LogP contribution in [-0.4, -0.2) is 53.6 Å². The monoisotopic (exact) mass is 505 g/mol. The lowest BCUT2D eigenvalue weighted by Gasteiger charge is -2.22. The van der Waals surface area contributed by atoms with Gasteiger partial charge in [-0.2, -0.15) is 8.78 Å². The van der Waals surface area contributed by atoms with E-state index < -0.39 is 36.4 Å². The summed E-state index contributed by atoms with van der Waals surface area (Å²) in [6.07, 6.45) is 5.47. The number of thiophene rings is 1. The van der Waals surface area contributed by atoms with Crippen molar-refractivity contribution in [2.24, 2.45) is 5.92 Å². The number of esters is 1. The number of ether oxygens (including phenoxy) is 1. The Morgan fingerprint density at radius 3 is 2.69 bits per heavy atom. The third-order valence-electron chi connectivity index (χ3n) is 6.39. The van der Waals surface area contributed by atoms with Crippen molar-refractivity contribution in [3.63, 3.8) is 0 Å². The van der Waals surface area contributed by atoms with Gasteiger partial charge in [-0.3, -0.25) is 4.79 Å². The highest BCUT2D eigenvalue weighted by molar-refractivity contribution is 7.13. The highest BCUT2D eigenvalue weighted by atomic mass is 32.1. The Morgan fingerprint density at radius 1 is 1.23 bits per heavy atom. The number of alkyl halides is 2. The Balaban J connectivity index is 1.51. The van der Waals surface area contributed by atoms with Crippen LogP contribution in [0.2, 0.25) is 0 Å². The summed E-state index contributed by atoms with van der Waals surface area (Å²) in [5, 5.41) is 10.5. The van der Waals surface area contributed by atoms with Crippen LogP contribution in [-0.2, 0) is 22.4 Å². The first kappa shape index (κ1) is 27.0. The molecule has 5 nitrogen and oxygen atoms in total. The number of methoxy groups -OCH3 is 1. The van der Waals surface area contributed by atoms with E-state index in [1.165, 1.54) is 28.9 Å². The lowest BCUT2D eigenvalue weighted by molar-refractivity contribution is -0.148. The molecule has 2 heterocycles. The summed E-state index contributed by atoms with van der Waals surface area (Å²) in [5.41, 5.74) is 1.25. The summed E-state index contributed by atoms with van der Waals surface area (Å²) in [6, 6.07) is 12.9. The van der Waals surface area contributed by atoms with Gasteiger partial charge in [0, 0.05) is 17.8 Å². The molecule has 1 aromatic carbocycles. The van der Waals surface area contributed by atoms with Crippen LogP contribution in [0.25, 0.3) is 0 Å². The number of nitrogens with zero attached hydrogens (tertiary/aromatic N) is 1. The van der Waals surface area contributed by atoms with Gasteiger partial charge in [0.05, 0.1) is 19.3 Å². The number of benzene rings is 1. The minimum atomic E-state index is -3.40. The van der Waals surface area contributed by atoms with E-state index in [9.17, 15) is 23.5 Å². The summed E-state index contributed by atoms with van der Waals surface area (Å²) in [4.78, 5) is 26.5. The lowest BCUT2D eigenvalue weighted by Crippen LogP contribution is -2.36. The number of aryl methyl sites for hydroxylation is 2. The molecule has 1 aliphatic rings. The molecule has 0 radical (unpaired) electrons. The quantitative estimate of drug-likeness (QED) is 0.315. The highest BCUT2D eigenvalue weighted by Crippen LogP contribution is 2.34. The Kier molecular flexibility index (Phi) is 9.57. The molecule has 1 aromatic heterocycles. The summed E-state index contributed by atoms with van der Waals surface area (Å²) >= 11 is 1.30. The maximum atomic E-state index is 14.2. The first-order valence-electron chi connectivity index (χ1n) is 12.0. The predicted octanol–water partition coefficient (Wildman–Crippen LogP) is 5.28. The molecule has 0 aliphatic carbocycles. The Hall–Kier alpha value is -2.58. The number of carbonyl (C=O) groups is 2. The Bertz CT molecular complexity index is 1010. The van der Waals surface area contributed by atoms with Crippen LogP contribution in [0.3, 0.4) is 0 Å². The van der Waals surface area contributed by atoms with Crippen molar-refractivity contribution in [1.82, 2.24) is 4.90 Å². The smallest absolute Gasteiger partial charge is 0.348 e. The van der Waals surface area contributed by atoms with Crippen molar-refractivity contribution in [1.29, 1.82) is 0 Å². The molecule has 2 aromatic rings. The topological polar surface area (TPSA) is 66.8 Å². The number of halogens is 2. The van der Waals surface area contributed by atoms with Crippen LogP contribution in [0.15, 0.2) is 54.6 Å². The molecule has 2 unspecified atom stereocenters. The number of hydrogen-bond acceptors (Lipinski definition) is 5. The number of hydrogen-bond donors (Lipinski definition) is 1. The van der Waals surface area contributed by atoms with Gasteiger partial charge >= 0.3 is 11.9 Å². The van der Waals surface area contributed by atoms with Gasteiger partial charge in [-0.1, -0.05) is 49.4 Å². The fraction of sp³-hybridized carbons (Fsp3) is 0.481. The zero-order chi connectivity index (χ0) is 25.4. The molecule has 190 valence electrons. The average Bonchev–Trinajstić information content (AvgIpc) is 3.40. The number of rotatable bonds is 12. The highest BCUT2D eigenvalue weighted by Gasteiger charge is 2.52. The van der Waals surface area contributed by atoms with E-state index in [0.717, 1.165) is 24.1 Å². The SMILES string of the molecule is COC(=O)c1ccc(CCCN2C(=O)C(F)(F)C[C@@H]2/C=C/C(O)C(C)CCCc2ccccc2)s1. The number of amides is 1. The van der Waals surface area contributed by atoms with E-state index in [1.807, 2.05) is 31.2 Å². The van der Waals surface area contributed by atoms with Gasteiger partial charge in [0.15, 0.2) is 0 Å². The van der Waals surface area contributed by atoms with E-state index in [2.05, 4.69) is 12.1 Å². The van der Waals surface area contributed by atoms with E-state index in [0.29, 0.717) is 17.7 Å². The van der Waals surface area contributed by atoms with Crippen molar-refractivity contribution >= 4 is 23.2 Å². The second-order valence-electron chi connectivity index (χ2n) is 9.07. The first-order chi connectivity index (χ1) is 16.7. The molecule has 8 heteroatoms. The molecule has 1 N–H and O–H groups in total. The molecular formula is C27H33F2NO4S. The minimum Gasteiger partial charge on any atom is -0.465 e. The van der Waals surface area contributed by atoms with Crippen molar-refractivity contribution in [2.75, 3.05) is 13.7 Å². The number of aliphatic hydroxyl groups is 1. The molecule has 3 rings (SSSR count). The first-order valence-corrected chi connectivity index (χ1v) is 12.8. The van der Waals surface area contributed by atoms with Crippen molar-refractivity contribution < 1.29 is 28.2 Å². The molecule has 0 spiro atoms. The second-order valence-corrected chi connectivity index (χ2v) is 10.2. The van der Waals surface area contributed by atoms with Gasteiger partial charge in [0.2, 0.25) is 0 Å². The zero-order valence-electron chi connectivity index (χ0n) is 20.2. The normalized spacial score (nSPS) is 19.3. The molecule has 1 aliphatic heterocycles. The van der Waals surface area contributed by atoms with Gasteiger partial charge in [0.25, 0.3) is 5.91 Å². The molecule has 1 saturated heterocycles. The van der Waals surface area contributed by atoms with Crippen molar-refractivity contribution in [3.8, 4) is 0 Å². The average molecular weight is 506 g/mol. The Labute approximate surface area is 209 Å². The van der Waals surface area contributed by atoms with E-state index in [4.69, 9.17) is 4.74 Å². The van der Waals surface area contributed by atoms with Gasteiger partial charge in [0.1, 0.15) is 4.88 Å². The van der Waals surface area contributed by atoms with E-state index in [-0.39, 0.29) is 12.5 Å². The second kappa shape index (κ2) is 12.4. The van der Waals surface area contributed by atoms with Crippen molar-refractivity contribution in [3.05, 3.63) is 69.9 Å². The molecule has 0 bridgehead atoms. The third kappa shape index (κ3) is 7.45. The molecule has 35 heavy (non-hydrogen) atoms. The maximum absolute atomic E-state index is 14.2. The van der Waals surface area contributed by atoms with Crippen LogP contribution >= 0.6 is 11.3 Å². The molecule has 1 amide bonds. The molecule has 3 atom stereocenters. The van der Waals surface area contributed by atoms with Crippen molar-refractivity contribution in [2.45, 2.75) is 63.5 Å². The Morgan fingerprint density at radius 2 is 1.97 bits per heavy atom. The number of carbonyl (C=O) groups excluding carboxylic acids is 2. The summed E-state index contributed by atoms with van der Waals surface area (Å²) in [7, 11) is 1.32. The van der Waals surface area contributed by atoms with E-state index >= 15 is 0 Å². The summed E-state index contributed by atoms with van der Waals surface area (Å²) in [6.45, 7) is 2.12.